The van der Waals surface area contributed by atoms with E-state index in [-0.39, 0.29) is 23.7 Å². The molecule has 8 heteroatoms. The van der Waals surface area contributed by atoms with E-state index in [4.69, 9.17) is 14.9 Å². The number of likely N-dealkylation sites (N-methyl/N-ethyl adjacent to an activating group) is 1. The maximum absolute atomic E-state index is 11.0. The number of hydrogen-bond donors (Lipinski definition) is 2. The van der Waals surface area contributed by atoms with Crippen molar-refractivity contribution in [3.8, 4) is 0 Å². The molecule has 0 rings (SSSR count). The summed E-state index contributed by atoms with van der Waals surface area (Å²) in [6, 6.07) is 0. The highest BCUT2D eigenvalue weighted by Gasteiger charge is 2.05. The van der Waals surface area contributed by atoms with Gasteiger partial charge in [0.1, 0.15) is 6.61 Å². The second-order valence-corrected chi connectivity index (χ2v) is 5.93. The van der Waals surface area contributed by atoms with E-state index in [0.29, 0.717) is 18.8 Å². The van der Waals surface area contributed by atoms with Crippen molar-refractivity contribution in [2.24, 2.45) is 0 Å². The van der Waals surface area contributed by atoms with Gasteiger partial charge in [0.05, 0.1) is 18.8 Å². The minimum Gasteiger partial charge on any atom is -0.478 e. The van der Waals surface area contributed by atoms with Crippen molar-refractivity contribution in [1.29, 1.82) is 0 Å². The second-order valence-electron chi connectivity index (χ2n) is 5.93. The topological polar surface area (TPSA) is 113 Å². The van der Waals surface area contributed by atoms with Crippen LogP contribution in [0.2, 0.25) is 0 Å². The molecule has 0 bridgehead atoms. The fourth-order valence-corrected chi connectivity index (χ4v) is 1.29. The highest BCUT2D eigenvalue weighted by Crippen LogP contribution is 1.94. The van der Waals surface area contributed by atoms with Crippen LogP contribution in [-0.4, -0.2) is 72.5 Å². The van der Waals surface area contributed by atoms with Crippen LogP contribution in [0.3, 0.4) is 0 Å². The molecule has 0 saturated heterocycles. The van der Waals surface area contributed by atoms with Gasteiger partial charge in [-0.2, -0.15) is 0 Å². The summed E-state index contributed by atoms with van der Waals surface area (Å²) in [5.74, 6) is -1.74. The Labute approximate surface area is 174 Å². The van der Waals surface area contributed by atoms with E-state index in [1.165, 1.54) is 6.92 Å². The van der Waals surface area contributed by atoms with Crippen LogP contribution in [0.4, 0.5) is 0 Å². The van der Waals surface area contributed by atoms with Crippen molar-refractivity contribution >= 4 is 17.9 Å². The SMILES string of the molecule is C=C(C)C(=O)O.C=C(C)C(=O)OCCN(CC)CC.C=C(CO)C(=O)OCCC. The molecule has 0 radical (unpaired) electrons. The van der Waals surface area contributed by atoms with Crippen molar-refractivity contribution in [1.82, 2.24) is 4.90 Å². The van der Waals surface area contributed by atoms with Crippen LogP contribution in [0, 0.1) is 0 Å². The number of esters is 2. The van der Waals surface area contributed by atoms with E-state index in [1.54, 1.807) is 6.92 Å². The molecule has 0 aromatic heterocycles. The van der Waals surface area contributed by atoms with Gasteiger partial charge in [0.15, 0.2) is 0 Å². The number of aliphatic hydroxyl groups is 1. The Bertz CT molecular complexity index is 525. The third kappa shape index (κ3) is 21.7. The van der Waals surface area contributed by atoms with Crippen molar-refractivity contribution in [3.05, 3.63) is 36.5 Å². The second kappa shape index (κ2) is 20.3. The molecule has 29 heavy (non-hydrogen) atoms. The van der Waals surface area contributed by atoms with E-state index < -0.39 is 11.9 Å². The Balaban J connectivity index is -0.000000375. The first-order valence-electron chi connectivity index (χ1n) is 9.37. The van der Waals surface area contributed by atoms with Crippen LogP contribution in [0.5, 0.6) is 0 Å². The van der Waals surface area contributed by atoms with E-state index in [2.05, 4.69) is 43.2 Å². The first-order chi connectivity index (χ1) is 13.5. The normalized spacial score (nSPS) is 9.21. The molecule has 0 aromatic carbocycles. The average Bonchev–Trinajstić information content (AvgIpc) is 2.69. The number of rotatable bonds is 11. The van der Waals surface area contributed by atoms with E-state index >= 15 is 0 Å². The minimum atomic E-state index is -0.935. The maximum atomic E-state index is 11.0. The zero-order valence-corrected chi connectivity index (χ0v) is 18.5. The molecule has 0 aliphatic carbocycles. The predicted molar refractivity (Wildman–Crippen MR) is 113 cm³/mol. The Morgan fingerprint density at radius 1 is 0.862 bits per heavy atom. The van der Waals surface area contributed by atoms with Crippen LogP contribution in [0.15, 0.2) is 36.5 Å². The number of aliphatic carboxylic acids is 1. The Kier molecular flexibility index (Phi) is 21.9. The van der Waals surface area contributed by atoms with Crippen molar-refractivity contribution in [2.75, 3.05) is 39.5 Å². The lowest BCUT2D eigenvalue weighted by atomic mass is 10.3. The fourth-order valence-electron chi connectivity index (χ4n) is 1.29. The van der Waals surface area contributed by atoms with E-state index in [1.807, 2.05) is 6.92 Å². The lowest BCUT2D eigenvalue weighted by molar-refractivity contribution is -0.140. The van der Waals surface area contributed by atoms with Gasteiger partial charge < -0.3 is 24.6 Å². The van der Waals surface area contributed by atoms with Gasteiger partial charge >= 0.3 is 17.9 Å². The Morgan fingerprint density at radius 2 is 1.31 bits per heavy atom. The summed E-state index contributed by atoms with van der Waals surface area (Å²) >= 11 is 0. The zero-order chi connectivity index (χ0) is 23.4. The smallest absolute Gasteiger partial charge is 0.335 e. The third-order valence-corrected chi connectivity index (χ3v) is 3.17. The zero-order valence-electron chi connectivity index (χ0n) is 18.5. The molecule has 0 saturated carbocycles. The monoisotopic (exact) mass is 415 g/mol. The highest BCUT2D eigenvalue weighted by atomic mass is 16.5. The maximum Gasteiger partial charge on any atom is 0.335 e. The molecular formula is C21H37NO7. The number of aliphatic hydroxyl groups excluding tert-OH is 1. The summed E-state index contributed by atoms with van der Waals surface area (Å²) in [6.07, 6.45) is 0.782. The van der Waals surface area contributed by atoms with Gasteiger partial charge in [-0.25, -0.2) is 14.4 Å². The van der Waals surface area contributed by atoms with Gasteiger partial charge in [-0.1, -0.05) is 40.5 Å². The van der Waals surface area contributed by atoms with E-state index in [0.717, 1.165) is 26.1 Å². The first-order valence-corrected chi connectivity index (χ1v) is 9.37. The summed E-state index contributed by atoms with van der Waals surface area (Å²) in [5.41, 5.74) is 0.739. The summed E-state index contributed by atoms with van der Waals surface area (Å²) in [4.78, 5) is 33.4. The van der Waals surface area contributed by atoms with Gasteiger partial charge in [-0.15, -0.1) is 0 Å². The van der Waals surface area contributed by atoms with Crippen LogP contribution >= 0.6 is 0 Å². The van der Waals surface area contributed by atoms with Crippen molar-refractivity contribution in [3.63, 3.8) is 0 Å². The largest absolute Gasteiger partial charge is 0.478 e. The van der Waals surface area contributed by atoms with Gasteiger partial charge in [0.2, 0.25) is 0 Å². The summed E-state index contributed by atoms with van der Waals surface area (Å²) < 4.78 is 9.60. The molecule has 0 heterocycles. The van der Waals surface area contributed by atoms with Crippen LogP contribution in [0.25, 0.3) is 0 Å². The number of carbonyl (C=O) groups is 3. The van der Waals surface area contributed by atoms with Crippen LogP contribution in [-0.2, 0) is 23.9 Å². The van der Waals surface area contributed by atoms with Gasteiger partial charge in [-0.05, 0) is 33.4 Å². The number of ether oxygens (including phenoxy) is 2. The highest BCUT2D eigenvalue weighted by molar-refractivity contribution is 5.88. The molecule has 0 aliphatic rings. The lowest BCUT2D eigenvalue weighted by Crippen LogP contribution is -2.27. The molecular weight excluding hydrogens is 378 g/mol. The Hall–Kier alpha value is -2.45. The number of carboxylic acids is 1. The summed E-state index contributed by atoms with van der Waals surface area (Å²) in [6.45, 7) is 22.4. The third-order valence-electron chi connectivity index (χ3n) is 3.17. The molecule has 0 spiro atoms. The fraction of sp³-hybridized carbons (Fsp3) is 0.571. The van der Waals surface area contributed by atoms with Crippen LogP contribution < -0.4 is 0 Å². The van der Waals surface area contributed by atoms with Crippen molar-refractivity contribution in [2.45, 2.75) is 41.0 Å². The van der Waals surface area contributed by atoms with Gasteiger partial charge in [0, 0.05) is 17.7 Å². The number of hydrogen-bond acceptors (Lipinski definition) is 7. The molecule has 8 nitrogen and oxygen atoms in total. The Morgan fingerprint density at radius 3 is 1.62 bits per heavy atom. The van der Waals surface area contributed by atoms with E-state index in [9.17, 15) is 14.4 Å². The summed E-state index contributed by atoms with van der Waals surface area (Å²) in [7, 11) is 0. The molecule has 0 amide bonds. The van der Waals surface area contributed by atoms with Gasteiger partial charge in [-0.3, -0.25) is 0 Å². The number of carboxylic acid groups (broad SMARTS) is 1. The number of nitrogens with zero attached hydrogens (tertiary/aromatic N) is 1. The molecule has 0 aliphatic heterocycles. The quantitative estimate of drug-likeness (QED) is 0.391. The minimum absolute atomic E-state index is 0.105. The first kappa shape index (κ1) is 31.3. The molecule has 2 N–H and O–H groups in total. The van der Waals surface area contributed by atoms with Crippen LogP contribution in [0.1, 0.15) is 41.0 Å². The molecule has 0 atom stereocenters. The average molecular weight is 416 g/mol. The van der Waals surface area contributed by atoms with Crippen molar-refractivity contribution < 1.29 is 34.1 Å². The summed E-state index contributed by atoms with van der Waals surface area (Å²) in [5, 5.41) is 16.3. The lowest BCUT2D eigenvalue weighted by Gasteiger charge is -2.17. The molecule has 0 fully saturated rings. The molecule has 0 aromatic rings. The standard InChI is InChI=1S/C10H19NO2.C7H12O3.C4H6O2/c1-5-11(6-2)7-8-13-10(12)9(3)4;1-3-4-10-7(9)6(2)5-8;1-3(2)4(5)6/h3,5-8H2,1-2,4H3;8H,2-5H2,1H3;1H2,2H3,(H,5,6). The number of carbonyl (C=O) groups excluding carboxylic acids is 2. The molecule has 168 valence electrons. The molecule has 0 unspecified atom stereocenters. The predicted octanol–water partition coefficient (Wildman–Crippen LogP) is 2.58. The van der Waals surface area contributed by atoms with Gasteiger partial charge in [0.25, 0.3) is 0 Å².